The summed E-state index contributed by atoms with van der Waals surface area (Å²) in [5.74, 6) is -0.677. The van der Waals surface area contributed by atoms with Crippen molar-refractivity contribution in [1.82, 2.24) is 14.9 Å². The molecule has 6 nitrogen and oxygen atoms in total. The number of rotatable bonds is 6. The van der Waals surface area contributed by atoms with E-state index in [2.05, 4.69) is 15.3 Å². The summed E-state index contributed by atoms with van der Waals surface area (Å²) in [6.07, 6.45) is 1.86. The average Bonchev–Trinajstić information content (AvgIpc) is 2.45. The van der Waals surface area contributed by atoms with E-state index in [4.69, 9.17) is 11.6 Å². The molecule has 116 valence electrons. The first-order valence-corrected chi connectivity index (χ1v) is 7.10. The number of likely N-dealkylation sites (N-methyl/N-ethyl adjacent to an activating group) is 1. The topological polar surface area (TPSA) is 78.4 Å². The average molecular weight is 321 g/mol. The number of carboxylic acid groups (broad SMARTS) is 1. The number of hydrogen-bond acceptors (Lipinski definition) is 5. The van der Waals surface area contributed by atoms with Gasteiger partial charge in [-0.15, -0.1) is 0 Å². The number of carbonyl (C=O) groups is 1. The zero-order valence-corrected chi connectivity index (χ0v) is 13.1. The Morgan fingerprint density at radius 2 is 2.18 bits per heavy atom. The van der Waals surface area contributed by atoms with E-state index in [1.165, 1.54) is 6.20 Å². The number of aromatic carboxylic acids is 1. The summed E-state index contributed by atoms with van der Waals surface area (Å²) in [5.41, 5.74) is 1.37. The van der Waals surface area contributed by atoms with Gasteiger partial charge in [0, 0.05) is 29.9 Å². The van der Waals surface area contributed by atoms with Gasteiger partial charge < -0.3 is 15.3 Å². The highest BCUT2D eigenvalue weighted by Crippen LogP contribution is 2.19. The molecule has 1 aromatic heterocycles. The number of nitrogens with one attached hydrogen (secondary N) is 1. The predicted octanol–water partition coefficient (Wildman–Crippen LogP) is 2.68. The normalized spacial score (nSPS) is 10.7. The van der Waals surface area contributed by atoms with Crippen molar-refractivity contribution in [1.29, 1.82) is 0 Å². The third-order valence-corrected chi connectivity index (χ3v) is 3.21. The van der Waals surface area contributed by atoms with Crippen molar-refractivity contribution >= 4 is 29.2 Å². The summed E-state index contributed by atoms with van der Waals surface area (Å²) in [4.78, 5) is 21.6. The number of hydrogen-bond donors (Lipinski definition) is 2. The number of carboxylic acids is 1. The molecule has 0 saturated carbocycles. The van der Waals surface area contributed by atoms with Crippen LogP contribution in [0.3, 0.4) is 0 Å². The molecular formula is C15H17ClN4O2. The van der Waals surface area contributed by atoms with Crippen molar-refractivity contribution in [2.45, 2.75) is 6.42 Å². The maximum absolute atomic E-state index is 11.2. The van der Waals surface area contributed by atoms with Crippen molar-refractivity contribution in [2.75, 3.05) is 26.0 Å². The maximum atomic E-state index is 11.2. The van der Waals surface area contributed by atoms with Gasteiger partial charge in [-0.2, -0.15) is 0 Å². The highest BCUT2D eigenvalue weighted by Gasteiger charge is 2.14. The maximum Gasteiger partial charge on any atom is 0.339 e. The van der Waals surface area contributed by atoms with E-state index in [0.29, 0.717) is 29.6 Å². The molecule has 0 fully saturated rings. The van der Waals surface area contributed by atoms with Crippen molar-refractivity contribution in [3.05, 3.63) is 46.7 Å². The zero-order valence-electron chi connectivity index (χ0n) is 12.4. The first-order valence-electron chi connectivity index (χ1n) is 6.72. The molecular weight excluding hydrogens is 304 g/mol. The molecule has 22 heavy (non-hydrogen) atoms. The van der Waals surface area contributed by atoms with Gasteiger partial charge >= 0.3 is 5.97 Å². The van der Waals surface area contributed by atoms with Crippen molar-refractivity contribution in [2.24, 2.45) is 0 Å². The second-order valence-electron chi connectivity index (χ2n) is 5.05. The molecule has 0 aliphatic rings. The molecule has 0 aliphatic carbocycles. The zero-order chi connectivity index (χ0) is 16.1. The Morgan fingerprint density at radius 3 is 2.82 bits per heavy atom. The molecule has 0 radical (unpaired) electrons. The van der Waals surface area contributed by atoms with E-state index in [1.807, 2.05) is 31.1 Å². The van der Waals surface area contributed by atoms with Gasteiger partial charge in [-0.3, -0.25) is 0 Å². The van der Waals surface area contributed by atoms with Crippen LogP contribution in [0.15, 0.2) is 30.5 Å². The Morgan fingerprint density at radius 1 is 1.41 bits per heavy atom. The van der Waals surface area contributed by atoms with Gasteiger partial charge in [-0.05, 0) is 32.3 Å². The highest BCUT2D eigenvalue weighted by atomic mass is 35.5. The summed E-state index contributed by atoms with van der Waals surface area (Å²) in [7, 11) is 3.85. The van der Waals surface area contributed by atoms with Crippen LogP contribution in [0.5, 0.6) is 0 Å². The molecule has 0 saturated heterocycles. The van der Waals surface area contributed by atoms with Crippen LogP contribution in [0.1, 0.15) is 16.1 Å². The van der Waals surface area contributed by atoms with Crippen LogP contribution in [0.25, 0.3) is 0 Å². The Kier molecular flexibility index (Phi) is 5.30. The fourth-order valence-electron chi connectivity index (χ4n) is 1.87. The Hall–Kier alpha value is -2.18. The second kappa shape index (κ2) is 7.20. The van der Waals surface area contributed by atoms with Gasteiger partial charge in [0.05, 0.1) is 11.3 Å². The van der Waals surface area contributed by atoms with E-state index in [1.54, 1.807) is 12.1 Å². The van der Waals surface area contributed by atoms with Crippen LogP contribution in [-0.4, -0.2) is 46.6 Å². The van der Waals surface area contributed by atoms with Crippen LogP contribution >= 0.6 is 11.6 Å². The quantitative estimate of drug-likeness (QED) is 0.852. The number of nitrogens with zero attached hydrogens (tertiary/aromatic N) is 3. The van der Waals surface area contributed by atoms with Crippen LogP contribution in [0, 0.1) is 0 Å². The van der Waals surface area contributed by atoms with Gasteiger partial charge in [0.25, 0.3) is 0 Å². The van der Waals surface area contributed by atoms with Crippen LogP contribution in [0.2, 0.25) is 5.02 Å². The lowest BCUT2D eigenvalue weighted by Gasteiger charge is -2.12. The summed E-state index contributed by atoms with van der Waals surface area (Å²) in [6.45, 7) is 0.702. The molecule has 0 bridgehead atoms. The van der Waals surface area contributed by atoms with Crippen LogP contribution in [-0.2, 0) is 6.42 Å². The first-order chi connectivity index (χ1) is 10.5. The predicted molar refractivity (Wildman–Crippen MR) is 86.0 cm³/mol. The van der Waals surface area contributed by atoms with E-state index >= 15 is 0 Å². The number of halogens is 1. The summed E-state index contributed by atoms with van der Waals surface area (Å²) in [6, 6.07) is 7.15. The third-order valence-electron chi connectivity index (χ3n) is 2.97. The Balaban J connectivity index is 2.25. The molecule has 0 unspecified atom stereocenters. The van der Waals surface area contributed by atoms with Crippen LogP contribution in [0.4, 0.5) is 11.6 Å². The standard InChI is InChI=1S/C15H17ClN4O2/c1-20(2)7-6-13-12(14(21)22)9-17-15(19-13)18-11-5-3-4-10(16)8-11/h3-5,8-9H,6-7H2,1-2H3,(H,21,22)(H,17,18,19). The van der Waals surface area contributed by atoms with E-state index < -0.39 is 5.97 Å². The number of anilines is 2. The smallest absolute Gasteiger partial charge is 0.339 e. The van der Waals surface area contributed by atoms with Crippen molar-refractivity contribution in [3.63, 3.8) is 0 Å². The molecule has 2 N–H and O–H groups in total. The highest BCUT2D eigenvalue weighted by molar-refractivity contribution is 6.30. The number of benzene rings is 1. The molecule has 0 amide bonds. The molecule has 0 spiro atoms. The van der Waals surface area contributed by atoms with Gasteiger partial charge in [0.15, 0.2) is 0 Å². The lowest BCUT2D eigenvalue weighted by Crippen LogP contribution is -2.18. The molecule has 2 aromatic rings. The molecule has 2 rings (SSSR count). The molecule has 7 heteroatoms. The fourth-order valence-corrected chi connectivity index (χ4v) is 2.06. The van der Waals surface area contributed by atoms with Gasteiger partial charge in [-0.1, -0.05) is 17.7 Å². The molecule has 0 aliphatic heterocycles. The lowest BCUT2D eigenvalue weighted by molar-refractivity contribution is 0.0694. The lowest BCUT2D eigenvalue weighted by atomic mass is 10.2. The minimum Gasteiger partial charge on any atom is -0.478 e. The van der Waals surface area contributed by atoms with Gasteiger partial charge in [0.1, 0.15) is 0 Å². The van der Waals surface area contributed by atoms with Crippen molar-refractivity contribution < 1.29 is 9.90 Å². The molecule has 1 aromatic carbocycles. The Bertz CT molecular complexity index is 676. The van der Waals surface area contributed by atoms with E-state index in [-0.39, 0.29) is 5.56 Å². The monoisotopic (exact) mass is 320 g/mol. The van der Waals surface area contributed by atoms with Crippen LogP contribution < -0.4 is 5.32 Å². The van der Waals surface area contributed by atoms with E-state index in [0.717, 1.165) is 5.69 Å². The second-order valence-corrected chi connectivity index (χ2v) is 5.48. The fraction of sp³-hybridized carbons (Fsp3) is 0.267. The minimum atomic E-state index is -1.02. The SMILES string of the molecule is CN(C)CCc1nc(Nc2cccc(Cl)c2)ncc1C(=O)O. The molecule has 0 atom stereocenters. The van der Waals surface area contributed by atoms with Gasteiger partial charge in [0.2, 0.25) is 5.95 Å². The largest absolute Gasteiger partial charge is 0.478 e. The van der Waals surface area contributed by atoms with Crippen molar-refractivity contribution in [3.8, 4) is 0 Å². The number of aromatic nitrogens is 2. The third kappa shape index (κ3) is 4.41. The molecule has 1 heterocycles. The minimum absolute atomic E-state index is 0.124. The Labute approximate surface area is 133 Å². The van der Waals surface area contributed by atoms with Gasteiger partial charge in [-0.25, -0.2) is 14.8 Å². The summed E-state index contributed by atoms with van der Waals surface area (Å²) >= 11 is 5.93. The summed E-state index contributed by atoms with van der Waals surface area (Å²) in [5, 5.41) is 12.8. The van der Waals surface area contributed by atoms with E-state index in [9.17, 15) is 9.90 Å². The summed E-state index contributed by atoms with van der Waals surface area (Å²) < 4.78 is 0. The first kappa shape index (κ1) is 16.2.